The largest absolute Gasteiger partial charge is 0.491 e. The van der Waals surface area contributed by atoms with Crippen molar-refractivity contribution in [3.05, 3.63) is 211 Å². The van der Waals surface area contributed by atoms with E-state index in [1.54, 1.807) is 14.2 Å². The van der Waals surface area contributed by atoms with E-state index in [1.807, 2.05) is 0 Å². The molecule has 9 rings (SSSR count). The Morgan fingerprint density at radius 2 is 0.595 bits per heavy atom. The summed E-state index contributed by atoms with van der Waals surface area (Å²) in [5.74, 6) is 1.56. The Balaban J connectivity index is 1.02. The topological polar surface area (TPSA) is 92.3 Å². The van der Waals surface area contributed by atoms with Gasteiger partial charge < -0.3 is 47.4 Å². The summed E-state index contributed by atoms with van der Waals surface area (Å²) in [5.41, 5.74) is 13.0. The van der Waals surface area contributed by atoms with Crippen molar-refractivity contribution in [2.24, 2.45) is 0 Å². The van der Waals surface area contributed by atoms with Gasteiger partial charge in [-0.1, -0.05) is 129 Å². The average molecular weight is 1130 g/mol. The number of ether oxygens (including phenoxy) is 10. The van der Waals surface area contributed by atoms with Gasteiger partial charge in [-0.15, -0.1) is 0 Å². The Morgan fingerprint density at radius 3 is 0.932 bits per heavy atom. The molecule has 0 radical (unpaired) electrons. The molecule has 0 unspecified atom stereocenters. The second kappa shape index (κ2) is 26.5. The fourth-order valence-corrected chi connectivity index (χ4v) is 11.2. The molecule has 2 aliphatic rings. The maximum absolute atomic E-state index is 6.25. The van der Waals surface area contributed by atoms with Crippen molar-refractivity contribution >= 4 is 31.9 Å². The van der Waals surface area contributed by atoms with Crippen LogP contribution in [-0.4, -0.2) is 120 Å². The van der Waals surface area contributed by atoms with Crippen molar-refractivity contribution in [1.29, 1.82) is 0 Å². The zero-order valence-electron chi connectivity index (χ0n) is 42.2. The van der Waals surface area contributed by atoms with E-state index in [9.17, 15) is 0 Å². The lowest BCUT2D eigenvalue weighted by molar-refractivity contribution is 0.000163. The van der Waals surface area contributed by atoms with Gasteiger partial charge in [0.05, 0.1) is 103 Å². The summed E-state index contributed by atoms with van der Waals surface area (Å²) in [6, 6.07) is 57.6. The van der Waals surface area contributed by atoms with Gasteiger partial charge in [-0.05, 0) is 127 Å². The molecule has 0 spiro atoms. The van der Waals surface area contributed by atoms with Gasteiger partial charge in [0, 0.05) is 23.2 Å². The minimum absolute atomic E-state index is 0.418. The number of benzene rings is 7. The minimum atomic E-state index is -0.663. The average Bonchev–Trinajstić information content (AvgIpc) is 3.94. The molecule has 7 aromatic rings. The van der Waals surface area contributed by atoms with Gasteiger partial charge in [-0.3, -0.25) is 0 Å². The number of fused-ring (bicyclic) bond motifs is 6. The molecule has 2 aliphatic carbocycles. The van der Waals surface area contributed by atoms with Crippen LogP contribution in [0.2, 0.25) is 0 Å². The third kappa shape index (κ3) is 11.8. The van der Waals surface area contributed by atoms with Gasteiger partial charge in [-0.25, -0.2) is 0 Å². The number of hydrogen-bond acceptors (Lipinski definition) is 10. The zero-order chi connectivity index (χ0) is 51.0. The van der Waals surface area contributed by atoms with Crippen molar-refractivity contribution in [3.63, 3.8) is 0 Å². The van der Waals surface area contributed by atoms with Crippen LogP contribution in [0.4, 0.5) is 0 Å². The second-order valence-corrected chi connectivity index (χ2v) is 19.8. The highest BCUT2D eigenvalue weighted by Gasteiger charge is 2.51. The first-order valence-corrected chi connectivity index (χ1v) is 26.9. The summed E-state index contributed by atoms with van der Waals surface area (Å²) < 4.78 is 58.4. The van der Waals surface area contributed by atoms with E-state index in [0.717, 1.165) is 31.6 Å². The lowest BCUT2D eigenvalue weighted by Crippen LogP contribution is -2.30. The lowest BCUT2D eigenvalue weighted by atomic mass is 9.66. The van der Waals surface area contributed by atoms with Gasteiger partial charge >= 0.3 is 0 Å². The van der Waals surface area contributed by atoms with E-state index in [1.165, 1.54) is 55.6 Å². The number of rotatable bonds is 30. The van der Waals surface area contributed by atoms with E-state index in [4.69, 9.17) is 47.4 Å². The summed E-state index contributed by atoms with van der Waals surface area (Å²) in [6.07, 6.45) is 0. The van der Waals surface area contributed by atoms with Gasteiger partial charge in [0.25, 0.3) is 0 Å². The molecule has 0 saturated heterocycles. The first kappa shape index (κ1) is 53.6. The van der Waals surface area contributed by atoms with E-state index >= 15 is 0 Å². The maximum atomic E-state index is 6.25. The smallest absolute Gasteiger partial charge is 0.119 e. The summed E-state index contributed by atoms with van der Waals surface area (Å²) in [4.78, 5) is 0. The van der Waals surface area contributed by atoms with E-state index in [0.29, 0.717) is 106 Å². The standard InChI is InChI=1S/C62H64Br2O10/c1-65-25-27-67-29-31-69-33-35-71-37-39-73-51-19-13-47(14-20-51)61(45-9-5-3-6-10-45)57-41-49(63)17-23-53(57)55-44-60-56(43-59(55)61)54-24-18-50(64)42-58(54)62(60,46-11-7-4-8-12-46)48-15-21-52(22-16-48)74-40-38-72-36-34-70-32-30-68-28-26-66-2/h3-24,41-44H,25-40H2,1-2H3/t61-,62-/m1/s1. The zero-order valence-corrected chi connectivity index (χ0v) is 45.3. The van der Waals surface area contributed by atoms with E-state index in [-0.39, 0.29) is 0 Å². The van der Waals surface area contributed by atoms with Crippen LogP contribution in [0, 0.1) is 0 Å². The molecular formula is C62H64Br2O10. The van der Waals surface area contributed by atoms with Crippen LogP contribution in [0.3, 0.4) is 0 Å². The number of methoxy groups -OCH3 is 2. The minimum Gasteiger partial charge on any atom is -0.491 e. The highest BCUT2D eigenvalue weighted by Crippen LogP contribution is 2.63. The number of hydrogen-bond donors (Lipinski definition) is 0. The normalized spacial score (nSPS) is 16.2. The molecule has 0 saturated carbocycles. The third-order valence-electron chi connectivity index (χ3n) is 13.6. The molecule has 386 valence electrons. The van der Waals surface area contributed by atoms with Gasteiger partial charge in [0.1, 0.15) is 24.7 Å². The molecule has 7 aromatic carbocycles. The summed E-state index contributed by atoms with van der Waals surface area (Å²) in [7, 11) is 3.32. The Labute approximate surface area is 452 Å². The molecular weight excluding hydrogens is 1060 g/mol. The molecule has 12 heteroatoms. The van der Waals surface area contributed by atoms with E-state index < -0.39 is 10.8 Å². The van der Waals surface area contributed by atoms with Crippen molar-refractivity contribution in [3.8, 4) is 33.8 Å². The molecule has 0 heterocycles. The van der Waals surface area contributed by atoms with Crippen LogP contribution in [0.15, 0.2) is 167 Å². The van der Waals surface area contributed by atoms with Crippen LogP contribution in [0.25, 0.3) is 22.3 Å². The summed E-state index contributed by atoms with van der Waals surface area (Å²) in [5, 5.41) is 0. The van der Waals surface area contributed by atoms with Crippen LogP contribution in [-0.2, 0) is 48.7 Å². The van der Waals surface area contributed by atoms with Crippen molar-refractivity contribution in [2.75, 3.05) is 120 Å². The molecule has 10 nitrogen and oxygen atoms in total. The van der Waals surface area contributed by atoms with Crippen molar-refractivity contribution < 1.29 is 47.4 Å². The molecule has 74 heavy (non-hydrogen) atoms. The van der Waals surface area contributed by atoms with Crippen LogP contribution < -0.4 is 9.47 Å². The molecule has 0 N–H and O–H groups in total. The molecule has 0 aromatic heterocycles. The first-order valence-electron chi connectivity index (χ1n) is 25.3. The molecule has 0 aliphatic heterocycles. The highest BCUT2D eigenvalue weighted by molar-refractivity contribution is 9.10. The Hall–Kier alpha value is -5.22. The maximum Gasteiger partial charge on any atom is 0.119 e. The lowest BCUT2D eigenvalue weighted by Gasteiger charge is -2.35. The molecule has 0 amide bonds. The highest BCUT2D eigenvalue weighted by atomic mass is 79.9. The molecule has 2 atom stereocenters. The van der Waals surface area contributed by atoms with E-state index in [2.05, 4.69) is 190 Å². The van der Waals surface area contributed by atoms with Crippen LogP contribution in [0.1, 0.15) is 44.5 Å². The fraction of sp³-hybridized carbons (Fsp3) is 0.323. The quantitative estimate of drug-likeness (QED) is 0.0405. The second-order valence-electron chi connectivity index (χ2n) is 18.0. The van der Waals surface area contributed by atoms with Gasteiger partial charge in [-0.2, -0.15) is 0 Å². The Kier molecular flexibility index (Phi) is 19.2. The van der Waals surface area contributed by atoms with Crippen LogP contribution >= 0.6 is 31.9 Å². The first-order chi connectivity index (χ1) is 36.5. The summed E-state index contributed by atoms with van der Waals surface area (Å²) in [6.45, 7) is 8.05. The molecule has 0 fully saturated rings. The van der Waals surface area contributed by atoms with Gasteiger partial charge in [0.15, 0.2) is 0 Å². The van der Waals surface area contributed by atoms with Crippen molar-refractivity contribution in [1.82, 2.24) is 0 Å². The summed E-state index contributed by atoms with van der Waals surface area (Å²) >= 11 is 7.83. The molecule has 0 bridgehead atoms. The predicted molar refractivity (Wildman–Crippen MR) is 296 cm³/mol. The number of halogens is 2. The monoisotopic (exact) mass is 1130 g/mol. The SMILES string of the molecule is COCCOCCOCCOCCOc1ccc([C@]2(c3ccccc3)c3cc(Br)ccc3-c3cc4c(cc32)-c2ccc(Br)cc2[C@@]4(c2ccccc2)c2ccc(OCCOCCOCCOCCOC)cc2)cc1. The van der Waals surface area contributed by atoms with Crippen molar-refractivity contribution in [2.45, 2.75) is 10.8 Å². The third-order valence-corrected chi connectivity index (χ3v) is 14.6. The Bertz CT molecular complexity index is 2670. The Morgan fingerprint density at radius 1 is 0.297 bits per heavy atom. The van der Waals surface area contributed by atoms with Crippen LogP contribution in [0.5, 0.6) is 11.5 Å². The predicted octanol–water partition coefficient (Wildman–Crippen LogP) is 12.1. The van der Waals surface area contributed by atoms with Gasteiger partial charge in [0.2, 0.25) is 0 Å². The fourth-order valence-electron chi connectivity index (χ4n) is 10.4.